The molecular weight excluding hydrogens is 260 g/mol. The van der Waals surface area contributed by atoms with Gasteiger partial charge in [0.1, 0.15) is 5.75 Å². The number of fused-ring (bicyclic) bond motifs is 1. The van der Waals surface area contributed by atoms with Crippen molar-refractivity contribution in [3.8, 4) is 5.75 Å². The fourth-order valence-electron chi connectivity index (χ4n) is 2.92. The van der Waals surface area contributed by atoms with Crippen LogP contribution in [0.4, 0.5) is 0 Å². The molecule has 0 unspecified atom stereocenters. The van der Waals surface area contributed by atoms with Crippen molar-refractivity contribution in [2.45, 2.75) is 37.8 Å². The molecule has 0 amide bonds. The smallest absolute Gasteiger partial charge is 0.178 e. The van der Waals surface area contributed by atoms with E-state index in [2.05, 4.69) is 9.55 Å². The van der Waals surface area contributed by atoms with Gasteiger partial charge in [-0.1, -0.05) is 0 Å². The third kappa shape index (κ3) is 2.28. The quantitative estimate of drug-likeness (QED) is 0.830. The number of aromatic amines is 1. The van der Waals surface area contributed by atoms with Gasteiger partial charge in [0.15, 0.2) is 4.77 Å². The van der Waals surface area contributed by atoms with E-state index in [0.29, 0.717) is 6.04 Å². The van der Waals surface area contributed by atoms with E-state index in [-0.39, 0.29) is 6.10 Å². The molecule has 1 aromatic heterocycles. The minimum Gasteiger partial charge on any atom is -0.497 e. The number of H-pyrrole nitrogens is 1. The summed E-state index contributed by atoms with van der Waals surface area (Å²) >= 11 is 5.45. The molecule has 3 rings (SSSR count). The standard InChI is InChI=1S/C14H18N2O2S/c1-18-11-6-7-13-12(8-11)15-14(19)16(13)9-2-4-10(17)5-3-9/h6-10,17H,2-5H2,1H3,(H,15,19). The van der Waals surface area contributed by atoms with Crippen LogP contribution in [0.3, 0.4) is 0 Å². The Morgan fingerprint density at radius 3 is 2.74 bits per heavy atom. The Morgan fingerprint density at radius 2 is 2.05 bits per heavy atom. The van der Waals surface area contributed by atoms with Gasteiger partial charge in [-0.15, -0.1) is 0 Å². The predicted octanol–water partition coefficient (Wildman–Crippen LogP) is 3.18. The highest BCUT2D eigenvalue weighted by Gasteiger charge is 2.22. The SMILES string of the molecule is COc1ccc2c(c1)[nH]c(=S)n2C1CCC(O)CC1. The van der Waals surface area contributed by atoms with E-state index in [9.17, 15) is 5.11 Å². The van der Waals surface area contributed by atoms with Gasteiger partial charge >= 0.3 is 0 Å². The number of aliphatic hydroxyl groups is 1. The fourth-order valence-corrected chi connectivity index (χ4v) is 3.27. The van der Waals surface area contributed by atoms with Crippen molar-refractivity contribution in [1.29, 1.82) is 0 Å². The van der Waals surface area contributed by atoms with E-state index >= 15 is 0 Å². The number of imidazole rings is 1. The summed E-state index contributed by atoms with van der Waals surface area (Å²) in [6.07, 6.45) is 3.53. The van der Waals surface area contributed by atoms with Gasteiger partial charge < -0.3 is 19.4 Å². The Balaban J connectivity index is 2.03. The van der Waals surface area contributed by atoms with E-state index in [4.69, 9.17) is 17.0 Å². The largest absolute Gasteiger partial charge is 0.497 e. The van der Waals surface area contributed by atoms with Gasteiger partial charge in [-0.25, -0.2) is 0 Å². The summed E-state index contributed by atoms with van der Waals surface area (Å²) in [5, 5.41) is 9.62. The van der Waals surface area contributed by atoms with E-state index in [1.54, 1.807) is 7.11 Å². The maximum atomic E-state index is 9.62. The topological polar surface area (TPSA) is 50.2 Å². The van der Waals surface area contributed by atoms with Crippen molar-refractivity contribution in [2.75, 3.05) is 7.11 Å². The van der Waals surface area contributed by atoms with Gasteiger partial charge in [-0.2, -0.15) is 0 Å². The molecule has 0 saturated heterocycles. The lowest BCUT2D eigenvalue weighted by Gasteiger charge is -2.27. The molecule has 0 radical (unpaired) electrons. The second-order valence-corrected chi connectivity index (χ2v) is 5.53. The van der Waals surface area contributed by atoms with Crippen molar-refractivity contribution in [3.63, 3.8) is 0 Å². The van der Waals surface area contributed by atoms with Crippen LogP contribution >= 0.6 is 12.2 Å². The second kappa shape index (κ2) is 4.98. The van der Waals surface area contributed by atoms with Crippen molar-refractivity contribution >= 4 is 23.3 Å². The van der Waals surface area contributed by atoms with Crippen molar-refractivity contribution in [2.24, 2.45) is 0 Å². The Hall–Kier alpha value is -1.33. The molecule has 2 aromatic rings. The molecule has 1 aromatic carbocycles. The zero-order chi connectivity index (χ0) is 13.4. The number of hydrogen-bond donors (Lipinski definition) is 2. The monoisotopic (exact) mass is 278 g/mol. The number of benzene rings is 1. The second-order valence-electron chi connectivity index (χ2n) is 5.15. The molecule has 102 valence electrons. The first-order valence-corrected chi connectivity index (χ1v) is 7.06. The zero-order valence-corrected chi connectivity index (χ0v) is 11.7. The van der Waals surface area contributed by atoms with Gasteiger partial charge in [0, 0.05) is 12.1 Å². The van der Waals surface area contributed by atoms with E-state index in [1.807, 2.05) is 18.2 Å². The number of aliphatic hydroxyl groups excluding tert-OH is 1. The fraction of sp³-hybridized carbons (Fsp3) is 0.500. The van der Waals surface area contributed by atoms with E-state index in [1.165, 1.54) is 0 Å². The molecule has 2 N–H and O–H groups in total. The normalized spacial score (nSPS) is 23.7. The van der Waals surface area contributed by atoms with E-state index < -0.39 is 0 Å². The maximum absolute atomic E-state index is 9.62. The van der Waals surface area contributed by atoms with Crippen LogP contribution in [0.5, 0.6) is 5.75 Å². The lowest BCUT2D eigenvalue weighted by Crippen LogP contribution is -2.21. The highest BCUT2D eigenvalue weighted by molar-refractivity contribution is 7.71. The van der Waals surface area contributed by atoms with Gasteiger partial charge in [0.05, 0.1) is 24.2 Å². The molecule has 19 heavy (non-hydrogen) atoms. The Bertz CT molecular complexity index is 638. The van der Waals surface area contributed by atoms with Crippen LogP contribution in [0.1, 0.15) is 31.7 Å². The van der Waals surface area contributed by atoms with Gasteiger partial charge in [0.2, 0.25) is 0 Å². The van der Waals surface area contributed by atoms with Crippen LogP contribution in [-0.2, 0) is 0 Å². The average molecular weight is 278 g/mol. The van der Waals surface area contributed by atoms with Crippen LogP contribution in [-0.4, -0.2) is 27.9 Å². The highest BCUT2D eigenvalue weighted by Crippen LogP contribution is 2.32. The summed E-state index contributed by atoms with van der Waals surface area (Å²) in [5.41, 5.74) is 2.13. The van der Waals surface area contributed by atoms with Gasteiger partial charge in [-0.3, -0.25) is 0 Å². The molecule has 1 saturated carbocycles. The highest BCUT2D eigenvalue weighted by atomic mass is 32.1. The molecule has 1 heterocycles. The first-order valence-electron chi connectivity index (χ1n) is 6.65. The Morgan fingerprint density at radius 1 is 1.32 bits per heavy atom. The Labute approximate surface area is 117 Å². The molecule has 0 aliphatic heterocycles. The molecule has 0 spiro atoms. The van der Waals surface area contributed by atoms with Crippen molar-refractivity contribution in [3.05, 3.63) is 23.0 Å². The lowest BCUT2D eigenvalue weighted by molar-refractivity contribution is 0.111. The lowest BCUT2D eigenvalue weighted by atomic mass is 9.93. The molecule has 0 atom stereocenters. The minimum atomic E-state index is -0.143. The first kappa shape index (κ1) is 12.7. The third-order valence-corrected chi connectivity index (χ3v) is 4.25. The van der Waals surface area contributed by atoms with Gasteiger partial charge in [0.25, 0.3) is 0 Å². The molecule has 4 nitrogen and oxygen atoms in total. The summed E-state index contributed by atoms with van der Waals surface area (Å²) in [7, 11) is 1.66. The number of rotatable bonds is 2. The summed E-state index contributed by atoms with van der Waals surface area (Å²) in [5.74, 6) is 0.829. The first-order chi connectivity index (χ1) is 9.19. The number of aromatic nitrogens is 2. The summed E-state index contributed by atoms with van der Waals surface area (Å²) in [6, 6.07) is 6.36. The average Bonchev–Trinajstić information content (AvgIpc) is 2.74. The number of nitrogens with one attached hydrogen (secondary N) is 1. The molecule has 1 aliphatic rings. The van der Waals surface area contributed by atoms with E-state index in [0.717, 1.165) is 47.2 Å². The van der Waals surface area contributed by atoms with Gasteiger partial charge in [-0.05, 0) is 50.0 Å². The number of nitrogens with zero attached hydrogens (tertiary/aromatic N) is 1. The zero-order valence-electron chi connectivity index (χ0n) is 10.9. The number of hydrogen-bond acceptors (Lipinski definition) is 3. The molecule has 5 heteroatoms. The molecule has 0 bridgehead atoms. The molecule has 1 fully saturated rings. The minimum absolute atomic E-state index is 0.143. The molecule has 1 aliphatic carbocycles. The maximum Gasteiger partial charge on any atom is 0.178 e. The molecular formula is C14H18N2O2S. The van der Waals surface area contributed by atoms with Crippen LogP contribution in [0.15, 0.2) is 18.2 Å². The Kier molecular flexibility index (Phi) is 3.33. The third-order valence-electron chi connectivity index (χ3n) is 3.96. The number of ether oxygens (including phenoxy) is 1. The van der Waals surface area contributed by atoms with Crippen LogP contribution in [0.2, 0.25) is 0 Å². The predicted molar refractivity (Wildman–Crippen MR) is 77.2 cm³/mol. The summed E-state index contributed by atoms with van der Waals surface area (Å²) < 4.78 is 8.18. The number of methoxy groups -OCH3 is 1. The summed E-state index contributed by atoms with van der Waals surface area (Å²) in [6.45, 7) is 0. The van der Waals surface area contributed by atoms with Crippen LogP contribution in [0.25, 0.3) is 11.0 Å². The van der Waals surface area contributed by atoms with Crippen LogP contribution in [0, 0.1) is 4.77 Å². The van der Waals surface area contributed by atoms with Crippen molar-refractivity contribution < 1.29 is 9.84 Å². The van der Waals surface area contributed by atoms with Crippen LogP contribution < -0.4 is 4.74 Å². The summed E-state index contributed by atoms with van der Waals surface area (Å²) in [4.78, 5) is 3.25. The van der Waals surface area contributed by atoms with Crippen molar-refractivity contribution in [1.82, 2.24) is 9.55 Å².